The summed E-state index contributed by atoms with van der Waals surface area (Å²) in [7, 11) is 1.69. The minimum atomic E-state index is 0.452. The number of aromatic nitrogens is 1. The van der Waals surface area contributed by atoms with Crippen LogP contribution in [0.25, 0.3) is 0 Å². The van der Waals surface area contributed by atoms with Gasteiger partial charge in [-0.05, 0) is 18.1 Å². The molecule has 0 bridgehead atoms. The average molecular weight is 233 g/mol. The Morgan fingerprint density at radius 3 is 2.82 bits per heavy atom. The zero-order valence-electron chi connectivity index (χ0n) is 10.7. The summed E-state index contributed by atoms with van der Waals surface area (Å²) in [6, 6.07) is 7.57. The molecule has 1 heterocycles. The van der Waals surface area contributed by atoms with Gasteiger partial charge < -0.3 is 9.64 Å². The molecule has 1 aromatic rings. The monoisotopic (exact) mass is 233 g/mol. The van der Waals surface area contributed by atoms with E-state index in [9.17, 15) is 0 Å². The largest absolute Gasteiger partial charge is 0.383 e. The van der Waals surface area contributed by atoms with Crippen molar-refractivity contribution in [1.82, 2.24) is 4.98 Å². The van der Waals surface area contributed by atoms with Crippen molar-refractivity contribution in [3.63, 3.8) is 0 Å². The Hall–Kier alpha value is -1.60. The topological polar surface area (TPSA) is 49.1 Å². The van der Waals surface area contributed by atoms with Crippen LogP contribution in [0.4, 0.5) is 5.82 Å². The molecule has 1 aromatic heterocycles. The maximum Gasteiger partial charge on any atom is 0.142 e. The predicted molar refractivity (Wildman–Crippen MR) is 67.9 cm³/mol. The zero-order chi connectivity index (χ0) is 12.7. The van der Waals surface area contributed by atoms with E-state index in [0.717, 1.165) is 18.9 Å². The first kappa shape index (κ1) is 13.5. The molecule has 0 N–H and O–H groups in total. The van der Waals surface area contributed by atoms with Crippen LogP contribution in [0.5, 0.6) is 0 Å². The minimum absolute atomic E-state index is 0.452. The molecule has 0 atom stereocenters. The summed E-state index contributed by atoms with van der Waals surface area (Å²) in [4.78, 5) is 6.45. The van der Waals surface area contributed by atoms with Crippen LogP contribution in [0.2, 0.25) is 0 Å². The molecule has 1 rings (SSSR count). The van der Waals surface area contributed by atoms with E-state index in [1.165, 1.54) is 0 Å². The Kier molecular flexibility index (Phi) is 5.44. The minimum Gasteiger partial charge on any atom is -0.383 e. The molecule has 0 fully saturated rings. The summed E-state index contributed by atoms with van der Waals surface area (Å²) in [6.07, 6.45) is 0. The van der Waals surface area contributed by atoms with E-state index < -0.39 is 0 Å². The van der Waals surface area contributed by atoms with E-state index in [4.69, 9.17) is 10.00 Å². The lowest BCUT2D eigenvalue weighted by molar-refractivity contribution is 0.204. The summed E-state index contributed by atoms with van der Waals surface area (Å²) >= 11 is 0. The van der Waals surface area contributed by atoms with Crippen LogP contribution in [-0.2, 0) is 4.74 Å². The summed E-state index contributed by atoms with van der Waals surface area (Å²) in [5, 5.41) is 8.85. The lowest BCUT2D eigenvalue weighted by atomic mass is 10.2. The van der Waals surface area contributed by atoms with E-state index in [1.807, 2.05) is 12.1 Å². The Balaban J connectivity index is 2.83. The van der Waals surface area contributed by atoms with Crippen molar-refractivity contribution in [3.8, 4) is 6.07 Å². The highest BCUT2D eigenvalue weighted by molar-refractivity contribution is 5.41. The molecule has 0 saturated carbocycles. The van der Waals surface area contributed by atoms with Crippen molar-refractivity contribution >= 4 is 5.82 Å². The van der Waals surface area contributed by atoms with Gasteiger partial charge in [0.1, 0.15) is 17.6 Å². The van der Waals surface area contributed by atoms with Crippen LogP contribution < -0.4 is 4.90 Å². The van der Waals surface area contributed by atoms with Crippen molar-refractivity contribution < 1.29 is 4.74 Å². The molecule has 0 saturated heterocycles. The molecule has 0 radical (unpaired) electrons. The Morgan fingerprint density at radius 1 is 1.47 bits per heavy atom. The summed E-state index contributed by atoms with van der Waals surface area (Å²) in [5.74, 6) is 1.38. The maximum atomic E-state index is 8.85. The average Bonchev–Trinajstić information content (AvgIpc) is 2.34. The number of anilines is 1. The third kappa shape index (κ3) is 4.41. The lowest BCUT2D eigenvalue weighted by Gasteiger charge is -2.25. The third-order valence-electron chi connectivity index (χ3n) is 2.32. The fraction of sp³-hybridized carbons (Fsp3) is 0.538. The fourth-order valence-corrected chi connectivity index (χ4v) is 1.60. The van der Waals surface area contributed by atoms with Crippen molar-refractivity contribution in [2.24, 2.45) is 5.92 Å². The molecule has 0 aliphatic carbocycles. The highest BCUT2D eigenvalue weighted by atomic mass is 16.5. The lowest BCUT2D eigenvalue weighted by Crippen LogP contribution is -2.31. The number of hydrogen-bond donors (Lipinski definition) is 0. The van der Waals surface area contributed by atoms with Crippen LogP contribution in [0.15, 0.2) is 18.2 Å². The molecule has 0 unspecified atom stereocenters. The second-order valence-electron chi connectivity index (χ2n) is 4.33. The first-order valence-electron chi connectivity index (χ1n) is 5.78. The van der Waals surface area contributed by atoms with Crippen LogP contribution in [0.1, 0.15) is 19.5 Å². The molecule has 0 aliphatic rings. The van der Waals surface area contributed by atoms with Gasteiger partial charge >= 0.3 is 0 Å². The highest BCUT2D eigenvalue weighted by Gasteiger charge is 2.10. The second-order valence-corrected chi connectivity index (χ2v) is 4.33. The van der Waals surface area contributed by atoms with Crippen molar-refractivity contribution in [1.29, 1.82) is 5.26 Å². The van der Waals surface area contributed by atoms with Crippen molar-refractivity contribution in [2.75, 3.05) is 31.7 Å². The molecule has 17 heavy (non-hydrogen) atoms. The van der Waals surface area contributed by atoms with E-state index in [0.29, 0.717) is 18.2 Å². The van der Waals surface area contributed by atoms with Gasteiger partial charge in [-0.1, -0.05) is 19.9 Å². The molecule has 0 aliphatic heterocycles. The van der Waals surface area contributed by atoms with Gasteiger partial charge in [-0.3, -0.25) is 0 Å². The Bertz CT molecular complexity index is 384. The van der Waals surface area contributed by atoms with E-state index in [1.54, 1.807) is 13.2 Å². The first-order chi connectivity index (χ1) is 8.17. The molecular formula is C13H19N3O. The maximum absolute atomic E-state index is 8.85. The molecule has 0 spiro atoms. The van der Waals surface area contributed by atoms with Crippen molar-refractivity contribution in [3.05, 3.63) is 23.9 Å². The van der Waals surface area contributed by atoms with Crippen LogP contribution in [0.3, 0.4) is 0 Å². The highest BCUT2D eigenvalue weighted by Crippen LogP contribution is 2.13. The Morgan fingerprint density at radius 2 is 2.24 bits per heavy atom. The second kappa shape index (κ2) is 6.87. The van der Waals surface area contributed by atoms with Crippen LogP contribution >= 0.6 is 0 Å². The molecule has 0 amide bonds. The number of nitriles is 1. The fourth-order valence-electron chi connectivity index (χ4n) is 1.60. The number of nitrogens with zero attached hydrogens (tertiary/aromatic N) is 3. The zero-order valence-corrected chi connectivity index (χ0v) is 10.7. The molecule has 4 heteroatoms. The van der Waals surface area contributed by atoms with Gasteiger partial charge in [-0.25, -0.2) is 4.98 Å². The number of ether oxygens (including phenoxy) is 1. The standard InChI is InChI=1S/C13H19N3O/c1-11(2)10-16(7-8-17-3)13-6-4-5-12(9-14)15-13/h4-6,11H,7-8,10H2,1-3H3. The van der Waals surface area contributed by atoms with E-state index in [-0.39, 0.29) is 0 Å². The van der Waals surface area contributed by atoms with E-state index in [2.05, 4.69) is 29.8 Å². The molecule has 0 aromatic carbocycles. The third-order valence-corrected chi connectivity index (χ3v) is 2.32. The molecular weight excluding hydrogens is 214 g/mol. The number of rotatable bonds is 6. The number of methoxy groups -OCH3 is 1. The predicted octanol–water partition coefficient (Wildman–Crippen LogP) is 2.06. The van der Waals surface area contributed by atoms with Gasteiger partial charge in [-0.15, -0.1) is 0 Å². The Labute approximate surface area is 103 Å². The van der Waals surface area contributed by atoms with Gasteiger partial charge in [0.25, 0.3) is 0 Å². The normalized spacial score (nSPS) is 10.3. The summed E-state index contributed by atoms with van der Waals surface area (Å²) in [6.45, 7) is 6.68. The SMILES string of the molecule is COCCN(CC(C)C)c1cccc(C#N)n1. The smallest absolute Gasteiger partial charge is 0.142 e. The quantitative estimate of drug-likeness (QED) is 0.754. The summed E-state index contributed by atoms with van der Waals surface area (Å²) < 4.78 is 5.10. The first-order valence-corrected chi connectivity index (χ1v) is 5.78. The van der Waals surface area contributed by atoms with Gasteiger partial charge in [-0.2, -0.15) is 5.26 Å². The van der Waals surface area contributed by atoms with Crippen molar-refractivity contribution in [2.45, 2.75) is 13.8 Å². The number of hydrogen-bond acceptors (Lipinski definition) is 4. The van der Waals surface area contributed by atoms with Crippen LogP contribution in [0, 0.1) is 17.2 Å². The van der Waals surface area contributed by atoms with Gasteiger partial charge in [0.15, 0.2) is 0 Å². The number of pyridine rings is 1. The summed E-state index contributed by atoms with van der Waals surface area (Å²) in [5.41, 5.74) is 0.452. The molecule has 4 nitrogen and oxygen atoms in total. The van der Waals surface area contributed by atoms with Gasteiger partial charge in [0.05, 0.1) is 6.61 Å². The van der Waals surface area contributed by atoms with Gasteiger partial charge in [0, 0.05) is 20.2 Å². The van der Waals surface area contributed by atoms with Crippen LogP contribution in [-0.4, -0.2) is 31.8 Å². The van der Waals surface area contributed by atoms with E-state index >= 15 is 0 Å². The van der Waals surface area contributed by atoms with Gasteiger partial charge in [0.2, 0.25) is 0 Å². The molecule has 92 valence electrons.